The van der Waals surface area contributed by atoms with Gasteiger partial charge in [0.15, 0.2) is 11.5 Å². The highest BCUT2D eigenvalue weighted by Crippen LogP contribution is 2.36. The zero-order chi connectivity index (χ0) is 22.8. The van der Waals surface area contributed by atoms with Gasteiger partial charge in [-0.25, -0.2) is 0 Å². The van der Waals surface area contributed by atoms with E-state index in [0.29, 0.717) is 11.5 Å². The number of benzene rings is 4. The van der Waals surface area contributed by atoms with Gasteiger partial charge in [0.2, 0.25) is 0 Å². The molecule has 4 nitrogen and oxygen atoms in total. The van der Waals surface area contributed by atoms with Crippen LogP contribution < -0.4 is 9.47 Å². The molecule has 4 aromatic rings. The first-order valence-electron chi connectivity index (χ1n) is 11.2. The van der Waals surface area contributed by atoms with E-state index in [1.165, 1.54) is 0 Å². The number of hydrogen-bond donors (Lipinski definition) is 2. The number of hydrogen-bond acceptors (Lipinski definition) is 4. The molecular formula is C29H26O4. The molecule has 2 N–H and O–H groups in total. The van der Waals surface area contributed by atoms with Crippen molar-refractivity contribution in [3.8, 4) is 39.9 Å². The zero-order valence-corrected chi connectivity index (χ0v) is 18.5. The van der Waals surface area contributed by atoms with Gasteiger partial charge >= 0.3 is 0 Å². The first-order valence-corrected chi connectivity index (χ1v) is 11.2. The molecule has 0 radical (unpaired) electrons. The minimum Gasteiger partial charge on any atom is -0.508 e. The van der Waals surface area contributed by atoms with Gasteiger partial charge in [0.1, 0.15) is 17.2 Å². The number of rotatable bonds is 1. The summed E-state index contributed by atoms with van der Waals surface area (Å²) in [6, 6.07) is 25.3. The van der Waals surface area contributed by atoms with Gasteiger partial charge in [-0.05, 0) is 96.0 Å². The Morgan fingerprint density at radius 3 is 2.09 bits per heavy atom. The SMILES string of the molecule is COc1ccc2cc1Oc1ccc(cc1)CCc1cc(O)ccc1-c1ccc(cc1O)CC2. The summed E-state index contributed by atoms with van der Waals surface area (Å²) in [5, 5.41) is 20.9. The molecule has 0 atom stereocenters. The molecule has 8 rings (SSSR count). The number of phenolic OH excluding ortho intramolecular Hbond substituents is 2. The van der Waals surface area contributed by atoms with Crippen molar-refractivity contribution in [1.82, 2.24) is 0 Å². The smallest absolute Gasteiger partial charge is 0.169 e. The van der Waals surface area contributed by atoms with E-state index in [4.69, 9.17) is 9.47 Å². The lowest BCUT2D eigenvalue weighted by atomic mass is 9.93. The molecule has 4 heterocycles. The predicted molar refractivity (Wildman–Crippen MR) is 130 cm³/mol. The van der Waals surface area contributed by atoms with E-state index in [9.17, 15) is 10.2 Å². The van der Waals surface area contributed by atoms with Crippen molar-refractivity contribution < 1.29 is 19.7 Å². The summed E-state index contributed by atoms with van der Waals surface area (Å²) in [5.74, 6) is 2.62. The number of methoxy groups -OCH3 is 1. The van der Waals surface area contributed by atoms with Crippen molar-refractivity contribution in [3.63, 3.8) is 0 Å². The van der Waals surface area contributed by atoms with Gasteiger partial charge in [0.05, 0.1) is 7.11 Å². The number of ether oxygens (including phenoxy) is 2. The van der Waals surface area contributed by atoms with Gasteiger partial charge in [-0.2, -0.15) is 0 Å². The normalized spacial score (nSPS) is 13.0. The largest absolute Gasteiger partial charge is 0.508 e. The van der Waals surface area contributed by atoms with Crippen LogP contribution >= 0.6 is 0 Å². The molecule has 4 aliphatic rings. The van der Waals surface area contributed by atoms with Crippen molar-refractivity contribution in [2.45, 2.75) is 25.7 Å². The standard InChI is InChI=1S/C29H26O4/c1-32-28-15-8-21-3-2-20-7-13-26(27(31)16-20)25-14-10-23(30)18-22(25)9-4-19-5-11-24(12-6-19)33-29(28)17-21/h5-8,10-18,30-31H,2-4,9H2,1H3. The summed E-state index contributed by atoms with van der Waals surface area (Å²) >= 11 is 0. The van der Waals surface area contributed by atoms with Crippen LogP contribution in [0.25, 0.3) is 11.1 Å². The fraction of sp³-hybridized carbons (Fsp3) is 0.172. The first-order chi connectivity index (χ1) is 16.1. The van der Waals surface area contributed by atoms with E-state index in [1.807, 2.05) is 48.5 Å². The molecule has 0 fully saturated rings. The zero-order valence-electron chi connectivity index (χ0n) is 18.5. The Labute approximate surface area is 193 Å². The minimum atomic E-state index is 0.228. The minimum absolute atomic E-state index is 0.228. The summed E-state index contributed by atoms with van der Waals surface area (Å²) in [5.41, 5.74) is 6.08. The third kappa shape index (κ3) is 4.51. The van der Waals surface area contributed by atoms with E-state index in [1.54, 1.807) is 19.2 Å². The lowest BCUT2D eigenvalue weighted by Crippen LogP contribution is -1.98. The molecule has 166 valence electrons. The van der Waals surface area contributed by atoms with Crippen LogP contribution in [0.3, 0.4) is 0 Å². The summed E-state index contributed by atoms with van der Waals surface area (Å²) in [7, 11) is 1.64. The highest BCUT2D eigenvalue weighted by Gasteiger charge is 2.13. The Morgan fingerprint density at radius 2 is 1.33 bits per heavy atom. The van der Waals surface area contributed by atoms with Crippen LogP contribution in [-0.2, 0) is 25.7 Å². The maximum Gasteiger partial charge on any atom is 0.169 e. The molecule has 4 aliphatic heterocycles. The third-order valence-corrected chi connectivity index (χ3v) is 6.21. The van der Waals surface area contributed by atoms with Crippen LogP contribution in [0.5, 0.6) is 28.7 Å². The Bertz CT molecular complexity index is 1290. The Balaban J connectivity index is 1.58. The highest BCUT2D eigenvalue weighted by molar-refractivity contribution is 5.74. The third-order valence-electron chi connectivity index (χ3n) is 6.21. The fourth-order valence-corrected chi connectivity index (χ4v) is 4.39. The second-order valence-electron chi connectivity index (χ2n) is 8.42. The van der Waals surface area contributed by atoms with Gasteiger partial charge in [-0.3, -0.25) is 0 Å². The van der Waals surface area contributed by atoms with Crippen LogP contribution in [0.15, 0.2) is 78.9 Å². The van der Waals surface area contributed by atoms with E-state index in [-0.39, 0.29) is 11.5 Å². The quantitative estimate of drug-likeness (QED) is 0.359. The van der Waals surface area contributed by atoms with Crippen LogP contribution in [0.1, 0.15) is 22.3 Å². The van der Waals surface area contributed by atoms with E-state index in [2.05, 4.69) is 18.2 Å². The summed E-state index contributed by atoms with van der Waals surface area (Å²) < 4.78 is 11.7. The molecule has 33 heavy (non-hydrogen) atoms. The molecule has 0 amide bonds. The molecular weight excluding hydrogens is 412 g/mol. The molecule has 0 saturated heterocycles. The van der Waals surface area contributed by atoms with Gasteiger partial charge < -0.3 is 19.7 Å². The molecule has 4 aromatic carbocycles. The van der Waals surface area contributed by atoms with E-state index in [0.717, 1.165) is 64.8 Å². The average Bonchev–Trinajstić information content (AvgIpc) is 2.82. The van der Waals surface area contributed by atoms with Gasteiger partial charge in [0, 0.05) is 5.56 Å². The van der Waals surface area contributed by atoms with Crippen molar-refractivity contribution >= 4 is 0 Å². The van der Waals surface area contributed by atoms with Crippen LogP contribution in [0, 0.1) is 0 Å². The van der Waals surface area contributed by atoms with Crippen LogP contribution in [0.2, 0.25) is 0 Å². The molecule has 0 spiro atoms. The number of phenols is 2. The Kier molecular flexibility index (Phi) is 5.66. The molecule has 4 heteroatoms. The molecule has 0 unspecified atom stereocenters. The summed E-state index contributed by atoms with van der Waals surface area (Å²) in [6.45, 7) is 0. The predicted octanol–water partition coefficient (Wildman–Crippen LogP) is 6.45. The van der Waals surface area contributed by atoms with E-state index >= 15 is 0 Å². The van der Waals surface area contributed by atoms with Crippen molar-refractivity contribution in [1.29, 1.82) is 0 Å². The van der Waals surface area contributed by atoms with Crippen molar-refractivity contribution in [2.75, 3.05) is 7.11 Å². The highest BCUT2D eigenvalue weighted by atomic mass is 16.5. The monoisotopic (exact) mass is 438 g/mol. The molecule has 0 saturated carbocycles. The number of aromatic hydroxyl groups is 2. The Morgan fingerprint density at radius 1 is 0.667 bits per heavy atom. The van der Waals surface area contributed by atoms with E-state index < -0.39 is 0 Å². The second kappa shape index (κ2) is 8.91. The van der Waals surface area contributed by atoms with Gasteiger partial charge in [0.25, 0.3) is 0 Å². The van der Waals surface area contributed by atoms with Crippen LogP contribution in [-0.4, -0.2) is 17.3 Å². The maximum absolute atomic E-state index is 10.8. The second-order valence-corrected chi connectivity index (χ2v) is 8.42. The fourth-order valence-electron chi connectivity index (χ4n) is 4.39. The first kappa shape index (κ1) is 21.0. The lowest BCUT2D eigenvalue weighted by molar-refractivity contribution is 0.378. The van der Waals surface area contributed by atoms with Gasteiger partial charge in [-0.15, -0.1) is 0 Å². The molecule has 0 aromatic heterocycles. The lowest BCUT2D eigenvalue weighted by Gasteiger charge is -2.15. The average molecular weight is 439 g/mol. The molecule has 6 bridgehead atoms. The van der Waals surface area contributed by atoms with Gasteiger partial charge in [-0.1, -0.05) is 36.4 Å². The van der Waals surface area contributed by atoms with Crippen molar-refractivity contribution in [3.05, 3.63) is 101 Å². The summed E-state index contributed by atoms with van der Waals surface area (Å²) in [4.78, 5) is 0. The van der Waals surface area contributed by atoms with Crippen molar-refractivity contribution in [2.24, 2.45) is 0 Å². The topological polar surface area (TPSA) is 58.9 Å². The number of aryl methyl sites for hydroxylation is 4. The molecule has 0 aliphatic carbocycles. The maximum atomic E-state index is 10.8. The Hall–Kier alpha value is -3.92. The summed E-state index contributed by atoms with van der Waals surface area (Å²) in [6.07, 6.45) is 3.13. The van der Waals surface area contributed by atoms with Crippen LogP contribution in [0.4, 0.5) is 0 Å².